The van der Waals surface area contributed by atoms with Gasteiger partial charge >= 0.3 is 0 Å². The third-order valence-electron chi connectivity index (χ3n) is 2.71. The van der Waals surface area contributed by atoms with E-state index in [1.54, 1.807) is 12.1 Å². The number of ether oxygens (including phenoxy) is 1. The molecular weight excluding hydrogens is 260 g/mol. The van der Waals surface area contributed by atoms with Gasteiger partial charge in [-0.2, -0.15) is 0 Å². The Labute approximate surface area is 107 Å². The summed E-state index contributed by atoms with van der Waals surface area (Å²) in [5.74, 6) is 0.959. The Morgan fingerprint density at radius 2 is 2.00 bits per heavy atom. The molecule has 1 unspecified atom stereocenters. The topological polar surface area (TPSA) is 43.4 Å². The van der Waals surface area contributed by atoms with Crippen LogP contribution in [-0.4, -0.2) is 15.0 Å². The van der Waals surface area contributed by atoms with E-state index < -0.39 is 9.05 Å². The Morgan fingerprint density at radius 3 is 2.47 bits per heavy atom. The van der Waals surface area contributed by atoms with Crippen molar-refractivity contribution in [3.8, 4) is 5.75 Å². The molecule has 0 fully saturated rings. The van der Waals surface area contributed by atoms with Crippen LogP contribution in [0.5, 0.6) is 5.75 Å². The second-order valence-corrected chi connectivity index (χ2v) is 6.45. The molecular formula is C12H17ClO3S. The van der Waals surface area contributed by atoms with Crippen LogP contribution in [0.4, 0.5) is 0 Å². The third kappa shape index (κ3) is 3.61. The van der Waals surface area contributed by atoms with Crippen molar-refractivity contribution in [2.24, 2.45) is 0 Å². The van der Waals surface area contributed by atoms with E-state index >= 15 is 0 Å². The van der Waals surface area contributed by atoms with Crippen molar-refractivity contribution >= 4 is 19.7 Å². The predicted octanol–water partition coefficient (Wildman–Crippen LogP) is 3.53. The van der Waals surface area contributed by atoms with Crippen LogP contribution in [0.15, 0.2) is 23.1 Å². The average molecular weight is 277 g/mol. The maximum atomic E-state index is 11.3. The van der Waals surface area contributed by atoms with E-state index in [4.69, 9.17) is 15.4 Å². The lowest BCUT2D eigenvalue weighted by molar-refractivity contribution is 0.334. The minimum Gasteiger partial charge on any atom is -0.494 e. The van der Waals surface area contributed by atoms with Gasteiger partial charge in [-0.05, 0) is 43.0 Å². The van der Waals surface area contributed by atoms with Crippen molar-refractivity contribution in [2.45, 2.75) is 38.0 Å². The van der Waals surface area contributed by atoms with Crippen molar-refractivity contribution in [1.29, 1.82) is 0 Å². The second kappa shape index (κ2) is 5.74. The zero-order valence-corrected chi connectivity index (χ0v) is 11.8. The maximum Gasteiger partial charge on any atom is 0.261 e. The van der Waals surface area contributed by atoms with E-state index in [0.717, 1.165) is 17.7 Å². The summed E-state index contributed by atoms with van der Waals surface area (Å²) in [7, 11) is 1.66. The summed E-state index contributed by atoms with van der Waals surface area (Å²) in [6.45, 7) is 6.52. The van der Waals surface area contributed by atoms with E-state index in [1.165, 1.54) is 6.07 Å². The second-order valence-electron chi connectivity index (χ2n) is 3.88. The molecule has 0 heterocycles. The molecule has 17 heavy (non-hydrogen) atoms. The van der Waals surface area contributed by atoms with Gasteiger partial charge in [0, 0.05) is 10.7 Å². The van der Waals surface area contributed by atoms with Gasteiger partial charge in [-0.25, -0.2) is 8.42 Å². The van der Waals surface area contributed by atoms with Gasteiger partial charge < -0.3 is 4.74 Å². The highest BCUT2D eigenvalue weighted by molar-refractivity contribution is 8.13. The number of hydrogen-bond acceptors (Lipinski definition) is 3. The molecule has 1 aromatic carbocycles. The molecule has 5 heteroatoms. The molecule has 3 nitrogen and oxygen atoms in total. The van der Waals surface area contributed by atoms with Gasteiger partial charge in [0.1, 0.15) is 5.75 Å². The Balaban J connectivity index is 3.28. The highest BCUT2D eigenvalue weighted by Crippen LogP contribution is 2.32. The normalized spacial score (nSPS) is 13.4. The van der Waals surface area contributed by atoms with Crippen molar-refractivity contribution in [2.75, 3.05) is 6.61 Å². The first-order chi connectivity index (χ1) is 7.90. The molecule has 0 aliphatic carbocycles. The van der Waals surface area contributed by atoms with Gasteiger partial charge in [0.05, 0.1) is 11.5 Å². The minimum absolute atomic E-state index is 0.123. The highest BCUT2D eigenvalue weighted by Gasteiger charge is 2.16. The molecule has 0 aromatic heterocycles. The van der Waals surface area contributed by atoms with Crippen molar-refractivity contribution in [3.63, 3.8) is 0 Å². The maximum absolute atomic E-state index is 11.3. The summed E-state index contributed by atoms with van der Waals surface area (Å²) in [5.41, 5.74) is 0.885. The fraction of sp³-hybridized carbons (Fsp3) is 0.500. The van der Waals surface area contributed by atoms with Gasteiger partial charge in [0.2, 0.25) is 0 Å². The van der Waals surface area contributed by atoms with Crippen LogP contribution in [0.2, 0.25) is 0 Å². The first-order valence-electron chi connectivity index (χ1n) is 5.61. The molecule has 0 spiro atoms. The summed E-state index contributed by atoms with van der Waals surface area (Å²) in [6.07, 6.45) is 0.909. The van der Waals surface area contributed by atoms with Crippen LogP contribution in [0.1, 0.15) is 38.7 Å². The molecule has 0 amide bonds. The number of benzene rings is 1. The molecule has 0 aliphatic heterocycles. The minimum atomic E-state index is -3.68. The van der Waals surface area contributed by atoms with Gasteiger partial charge in [-0.3, -0.25) is 0 Å². The Hall–Kier alpha value is -0.740. The quantitative estimate of drug-likeness (QED) is 0.773. The lowest BCUT2D eigenvalue weighted by Crippen LogP contribution is -2.02. The smallest absolute Gasteiger partial charge is 0.261 e. The van der Waals surface area contributed by atoms with Crippen LogP contribution in [-0.2, 0) is 9.05 Å². The van der Waals surface area contributed by atoms with E-state index in [9.17, 15) is 8.42 Å². The fourth-order valence-electron chi connectivity index (χ4n) is 1.57. The van der Waals surface area contributed by atoms with E-state index in [2.05, 4.69) is 0 Å². The average Bonchev–Trinajstić information content (AvgIpc) is 2.27. The summed E-state index contributed by atoms with van der Waals surface area (Å²) >= 11 is 0. The molecule has 1 aromatic rings. The van der Waals surface area contributed by atoms with E-state index in [-0.39, 0.29) is 10.8 Å². The predicted molar refractivity (Wildman–Crippen MR) is 69.4 cm³/mol. The van der Waals surface area contributed by atoms with E-state index in [0.29, 0.717) is 6.61 Å². The molecule has 0 bridgehead atoms. The van der Waals surface area contributed by atoms with Crippen molar-refractivity contribution in [3.05, 3.63) is 23.8 Å². The van der Waals surface area contributed by atoms with Crippen LogP contribution in [0.3, 0.4) is 0 Å². The highest BCUT2D eigenvalue weighted by atomic mass is 35.7. The van der Waals surface area contributed by atoms with Crippen LogP contribution >= 0.6 is 10.7 Å². The van der Waals surface area contributed by atoms with Crippen LogP contribution in [0.25, 0.3) is 0 Å². The largest absolute Gasteiger partial charge is 0.494 e. The molecule has 0 aliphatic rings. The molecule has 0 radical (unpaired) electrons. The van der Waals surface area contributed by atoms with E-state index in [1.807, 2.05) is 20.8 Å². The lowest BCUT2D eigenvalue weighted by Gasteiger charge is -2.15. The molecule has 96 valence electrons. The van der Waals surface area contributed by atoms with Gasteiger partial charge in [0.25, 0.3) is 9.05 Å². The zero-order chi connectivity index (χ0) is 13.1. The first-order valence-corrected chi connectivity index (χ1v) is 7.92. The summed E-state index contributed by atoms with van der Waals surface area (Å²) in [5, 5.41) is 0. The SMILES string of the molecule is CCOc1ccc(S(=O)(=O)Cl)cc1C(C)CC. The summed E-state index contributed by atoms with van der Waals surface area (Å²) in [6, 6.07) is 4.74. The zero-order valence-electron chi connectivity index (χ0n) is 10.2. The van der Waals surface area contributed by atoms with Crippen LogP contribution < -0.4 is 4.74 Å². The first kappa shape index (κ1) is 14.3. The van der Waals surface area contributed by atoms with Crippen molar-refractivity contribution in [1.82, 2.24) is 0 Å². The molecule has 1 atom stereocenters. The van der Waals surface area contributed by atoms with Gasteiger partial charge in [0.15, 0.2) is 0 Å². The number of hydrogen-bond donors (Lipinski definition) is 0. The number of rotatable bonds is 5. The molecule has 0 saturated heterocycles. The van der Waals surface area contributed by atoms with Gasteiger partial charge in [-0.1, -0.05) is 13.8 Å². The Morgan fingerprint density at radius 1 is 1.35 bits per heavy atom. The fourth-order valence-corrected chi connectivity index (χ4v) is 2.36. The Kier molecular flexibility index (Phi) is 4.83. The molecule has 0 saturated carbocycles. The lowest BCUT2D eigenvalue weighted by atomic mass is 9.98. The number of halogens is 1. The standard InChI is InChI=1S/C12H17ClO3S/c1-4-9(3)11-8-10(17(13,14)15)6-7-12(11)16-5-2/h6-9H,4-5H2,1-3H3. The van der Waals surface area contributed by atoms with Crippen LogP contribution in [0, 0.1) is 0 Å². The van der Waals surface area contributed by atoms with Gasteiger partial charge in [-0.15, -0.1) is 0 Å². The monoisotopic (exact) mass is 276 g/mol. The summed E-state index contributed by atoms with van der Waals surface area (Å²) in [4.78, 5) is 0.123. The Bertz CT molecular complexity index is 483. The van der Waals surface area contributed by atoms with Crippen molar-refractivity contribution < 1.29 is 13.2 Å². The molecule has 1 rings (SSSR count). The molecule has 0 N–H and O–H groups in total. The summed E-state index contributed by atoms with van der Waals surface area (Å²) < 4.78 is 28.1. The third-order valence-corrected chi connectivity index (χ3v) is 4.06.